The Morgan fingerprint density at radius 2 is 1.76 bits per heavy atom. The summed E-state index contributed by atoms with van der Waals surface area (Å²) in [5.41, 5.74) is 3.13. The molecule has 0 aromatic heterocycles. The predicted molar refractivity (Wildman–Crippen MR) is 112 cm³/mol. The first-order chi connectivity index (χ1) is 14.1. The summed E-state index contributed by atoms with van der Waals surface area (Å²) in [4.78, 5) is 28.3. The van der Waals surface area contributed by atoms with Crippen LogP contribution in [0.3, 0.4) is 0 Å². The molecule has 1 aliphatic rings. The molecule has 1 fully saturated rings. The highest BCUT2D eigenvalue weighted by molar-refractivity contribution is 5.98. The minimum Gasteiger partial charge on any atom is -0.493 e. The molecule has 0 unspecified atom stereocenters. The van der Waals surface area contributed by atoms with Gasteiger partial charge in [-0.05, 0) is 31.5 Å². The number of rotatable bonds is 7. The molecule has 1 aliphatic heterocycles. The fourth-order valence-electron chi connectivity index (χ4n) is 3.63. The SMILES string of the molecule is CCOc1ccccc1C(=O)NCC(=O)N1CC[NH+](Cc2ccccc2C)CC1. The number of benzene rings is 2. The molecule has 1 heterocycles. The number of quaternary nitrogens is 1. The Hall–Kier alpha value is -2.86. The van der Waals surface area contributed by atoms with E-state index in [4.69, 9.17) is 4.74 Å². The van der Waals surface area contributed by atoms with Crippen LogP contribution in [0, 0.1) is 6.92 Å². The fraction of sp³-hybridized carbons (Fsp3) is 0.391. The van der Waals surface area contributed by atoms with E-state index in [1.807, 2.05) is 17.9 Å². The minimum atomic E-state index is -0.286. The van der Waals surface area contributed by atoms with Crippen molar-refractivity contribution in [3.05, 3.63) is 65.2 Å². The van der Waals surface area contributed by atoms with Gasteiger partial charge in [0.25, 0.3) is 5.91 Å². The summed E-state index contributed by atoms with van der Waals surface area (Å²) in [6.45, 7) is 8.75. The van der Waals surface area contributed by atoms with Crippen molar-refractivity contribution >= 4 is 11.8 Å². The summed E-state index contributed by atoms with van der Waals surface area (Å²) >= 11 is 0. The third-order valence-electron chi connectivity index (χ3n) is 5.36. The van der Waals surface area contributed by atoms with E-state index >= 15 is 0 Å². The maximum Gasteiger partial charge on any atom is 0.255 e. The number of amides is 2. The number of para-hydroxylation sites is 1. The van der Waals surface area contributed by atoms with Crippen LogP contribution in [-0.4, -0.2) is 56.0 Å². The number of ether oxygens (including phenoxy) is 1. The van der Waals surface area contributed by atoms with Crippen molar-refractivity contribution in [1.82, 2.24) is 10.2 Å². The number of carbonyl (C=O) groups is 2. The van der Waals surface area contributed by atoms with Crippen molar-refractivity contribution in [3.8, 4) is 5.75 Å². The highest BCUT2D eigenvalue weighted by Crippen LogP contribution is 2.17. The molecular weight excluding hydrogens is 366 g/mol. The molecule has 1 saturated heterocycles. The number of aryl methyl sites for hydroxylation is 1. The van der Waals surface area contributed by atoms with Gasteiger partial charge in [-0.25, -0.2) is 0 Å². The zero-order chi connectivity index (χ0) is 20.6. The van der Waals surface area contributed by atoms with Crippen molar-refractivity contribution in [2.45, 2.75) is 20.4 Å². The Labute approximate surface area is 172 Å². The molecule has 29 heavy (non-hydrogen) atoms. The van der Waals surface area contributed by atoms with Gasteiger partial charge in [0.15, 0.2) is 0 Å². The van der Waals surface area contributed by atoms with Crippen molar-refractivity contribution in [2.24, 2.45) is 0 Å². The number of piperazine rings is 1. The largest absolute Gasteiger partial charge is 0.493 e. The first kappa shape index (κ1) is 20.9. The molecule has 0 spiro atoms. The molecule has 2 N–H and O–H groups in total. The molecule has 0 aliphatic carbocycles. The predicted octanol–water partition coefficient (Wildman–Crippen LogP) is 1.05. The molecule has 3 rings (SSSR count). The third kappa shape index (κ3) is 5.57. The second-order valence-electron chi connectivity index (χ2n) is 7.35. The summed E-state index contributed by atoms with van der Waals surface area (Å²) in [6.07, 6.45) is 0. The monoisotopic (exact) mass is 396 g/mol. The lowest BCUT2D eigenvalue weighted by Gasteiger charge is -2.32. The lowest BCUT2D eigenvalue weighted by atomic mass is 10.1. The molecular formula is C23H30N3O3+. The van der Waals surface area contributed by atoms with E-state index in [2.05, 4.69) is 36.5 Å². The van der Waals surface area contributed by atoms with Gasteiger partial charge < -0.3 is 19.9 Å². The van der Waals surface area contributed by atoms with Crippen LogP contribution in [0.4, 0.5) is 0 Å². The molecule has 0 saturated carbocycles. The van der Waals surface area contributed by atoms with Crippen LogP contribution in [0.15, 0.2) is 48.5 Å². The van der Waals surface area contributed by atoms with Gasteiger partial charge >= 0.3 is 0 Å². The van der Waals surface area contributed by atoms with Crippen LogP contribution < -0.4 is 15.0 Å². The number of hydrogen-bond acceptors (Lipinski definition) is 3. The van der Waals surface area contributed by atoms with Crippen LogP contribution in [0.2, 0.25) is 0 Å². The molecule has 6 heteroatoms. The van der Waals surface area contributed by atoms with Crippen LogP contribution in [0.5, 0.6) is 5.75 Å². The van der Waals surface area contributed by atoms with Gasteiger partial charge in [0.05, 0.1) is 44.9 Å². The van der Waals surface area contributed by atoms with E-state index in [1.165, 1.54) is 16.0 Å². The normalized spacial score (nSPS) is 14.5. The van der Waals surface area contributed by atoms with E-state index in [0.29, 0.717) is 31.0 Å². The Morgan fingerprint density at radius 1 is 1.07 bits per heavy atom. The molecule has 2 amide bonds. The van der Waals surface area contributed by atoms with E-state index in [0.717, 1.165) is 19.6 Å². The summed E-state index contributed by atoms with van der Waals surface area (Å²) < 4.78 is 5.49. The molecule has 0 atom stereocenters. The smallest absolute Gasteiger partial charge is 0.255 e. The highest BCUT2D eigenvalue weighted by atomic mass is 16.5. The summed E-state index contributed by atoms with van der Waals surface area (Å²) in [7, 11) is 0. The van der Waals surface area contributed by atoms with E-state index in [1.54, 1.807) is 18.2 Å². The molecule has 0 bridgehead atoms. The molecule has 2 aromatic rings. The minimum absolute atomic E-state index is 0.00637. The topological polar surface area (TPSA) is 63.1 Å². The summed E-state index contributed by atoms with van der Waals surface area (Å²) in [6, 6.07) is 15.5. The average molecular weight is 397 g/mol. The Morgan fingerprint density at radius 3 is 2.48 bits per heavy atom. The second-order valence-corrected chi connectivity index (χ2v) is 7.35. The lowest BCUT2D eigenvalue weighted by molar-refractivity contribution is -0.917. The maximum atomic E-state index is 12.5. The number of nitrogens with zero attached hydrogens (tertiary/aromatic N) is 1. The van der Waals surface area contributed by atoms with E-state index in [9.17, 15) is 9.59 Å². The van der Waals surface area contributed by atoms with Gasteiger partial charge in [-0.2, -0.15) is 0 Å². The van der Waals surface area contributed by atoms with Gasteiger partial charge in [-0.1, -0.05) is 36.4 Å². The molecule has 0 radical (unpaired) electrons. The lowest BCUT2D eigenvalue weighted by Crippen LogP contribution is -3.13. The van der Waals surface area contributed by atoms with Crippen LogP contribution >= 0.6 is 0 Å². The molecule has 154 valence electrons. The van der Waals surface area contributed by atoms with Crippen molar-refractivity contribution < 1.29 is 19.2 Å². The standard InChI is InChI=1S/C23H29N3O3/c1-3-29-21-11-7-6-10-20(21)23(28)24-16-22(27)26-14-12-25(13-15-26)17-19-9-5-4-8-18(19)2/h4-11H,3,12-17H2,1-2H3,(H,24,28)/p+1. The maximum absolute atomic E-state index is 12.5. The quantitative estimate of drug-likeness (QED) is 0.736. The molecule has 2 aromatic carbocycles. The number of carbonyl (C=O) groups excluding carboxylic acids is 2. The van der Waals surface area contributed by atoms with Crippen molar-refractivity contribution in [2.75, 3.05) is 39.3 Å². The van der Waals surface area contributed by atoms with Crippen molar-refractivity contribution in [1.29, 1.82) is 0 Å². The van der Waals surface area contributed by atoms with Crippen molar-refractivity contribution in [3.63, 3.8) is 0 Å². The van der Waals surface area contributed by atoms with Crippen LogP contribution in [-0.2, 0) is 11.3 Å². The van der Waals surface area contributed by atoms with Gasteiger partial charge in [0, 0.05) is 5.56 Å². The zero-order valence-corrected chi connectivity index (χ0v) is 17.2. The number of nitrogens with one attached hydrogen (secondary N) is 2. The van der Waals surface area contributed by atoms with Crippen LogP contribution in [0.25, 0.3) is 0 Å². The van der Waals surface area contributed by atoms with Gasteiger partial charge in [0.2, 0.25) is 5.91 Å². The fourth-order valence-corrected chi connectivity index (χ4v) is 3.63. The van der Waals surface area contributed by atoms with Gasteiger partial charge in [-0.3, -0.25) is 9.59 Å². The Bertz CT molecular complexity index is 845. The van der Waals surface area contributed by atoms with E-state index in [-0.39, 0.29) is 18.4 Å². The first-order valence-corrected chi connectivity index (χ1v) is 10.2. The Balaban J connectivity index is 1.46. The first-order valence-electron chi connectivity index (χ1n) is 10.2. The summed E-state index contributed by atoms with van der Waals surface area (Å²) in [5.74, 6) is 0.210. The van der Waals surface area contributed by atoms with Crippen LogP contribution in [0.1, 0.15) is 28.4 Å². The average Bonchev–Trinajstić information content (AvgIpc) is 2.74. The summed E-state index contributed by atoms with van der Waals surface area (Å²) in [5, 5.41) is 2.74. The highest BCUT2D eigenvalue weighted by Gasteiger charge is 2.24. The zero-order valence-electron chi connectivity index (χ0n) is 17.2. The molecule has 6 nitrogen and oxygen atoms in total. The second kappa shape index (κ2) is 10.1. The Kier molecular flexibility index (Phi) is 7.25. The van der Waals surface area contributed by atoms with Gasteiger partial charge in [0.1, 0.15) is 12.3 Å². The van der Waals surface area contributed by atoms with Gasteiger partial charge in [-0.15, -0.1) is 0 Å². The van der Waals surface area contributed by atoms with E-state index < -0.39 is 0 Å². The number of hydrogen-bond donors (Lipinski definition) is 2. The third-order valence-corrected chi connectivity index (χ3v) is 5.36.